The highest BCUT2D eigenvalue weighted by molar-refractivity contribution is 7.86. The lowest BCUT2D eigenvalue weighted by atomic mass is 10.3. The number of hydrogen-bond acceptors (Lipinski definition) is 3. The number of aromatic amines is 1. The predicted octanol–water partition coefficient (Wildman–Crippen LogP) is 0.810. The van der Waals surface area contributed by atoms with E-state index in [1.165, 1.54) is 18.5 Å². The van der Waals surface area contributed by atoms with Crippen molar-refractivity contribution >= 4 is 21.2 Å². The highest BCUT2D eigenvalue weighted by atomic mass is 32.2. The summed E-state index contributed by atoms with van der Waals surface area (Å²) in [5.41, 5.74) is 0.833. The maximum atomic E-state index is 10.9. The van der Waals surface area contributed by atoms with Crippen LogP contribution in [0.2, 0.25) is 0 Å². The van der Waals surface area contributed by atoms with Crippen LogP contribution in [0, 0.1) is 0 Å². The SMILES string of the molecule is O=S(=O)(O)c1cccc2nc[nH]c12. The first-order valence-electron chi connectivity index (χ1n) is 3.48. The van der Waals surface area contributed by atoms with Crippen molar-refractivity contribution in [3.05, 3.63) is 24.5 Å². The molecule has 68 valence electrons. The highest BCUT2D eigenvalue weighted by Gasteiger charge is 2.14. The van der Waals surface area contributed by atoms with E-state index >= 15 is 0 Å². The topological polar surface area (TPSA) is 83.1 Å². The van der Waals surface area contributed by atoms with Gasteiger partial charge in [-0.25, -0.2) is 4.98 Å². The van der Waals surface area contributed by atoms with Crippen molar-refractivity contribution in [2.45, 2.75) is 4.90 Å². The number of fused-ring (bicyclic) bond motifs is 1. The summed E-state index contributed by atoms with van der Waals surface area (Å²) in [5.74, 6) is 0. The summed E-state index contributed by atoms with van der Waals surface area (Å²) >= 11 is 0. The Labute approximate surface area is 74.2 Å². The maximum Gasteiger partial charge on any atom is 0.296 e. The zero-order valence-electron chi connectivity index (χ0n) is 6.43. The van der Waals surface area contributed by atoms with E-state index in [0.717, 1.165) is 0 Å². The fraction of sp³-hybridized carbons (Fsp3) is 0. The molecule has 1 heterocycles. The van der Waals surface area contributed by atoms with E-state index in [2.05, 4.69) is 9.97 Å². The van der Waals surface area contributed by atoms with E-state index in [9.17, 15) is 8.42 Å². The number of imidazole rings is 1. The molecule has 0 aliphatic rings. The lowest BCUT2D eigenvalue weighted by Gasteiger charge is -1.96. The van der Waals surface area contributed by atoms with E-state index < -0.39 is 10.1 Å². The van der Waals surface area contributed by atoms with Gasteiger partial charge in [0.2, 0.25) is 0 Å². The van der Waals surface area contributed by atoms with Crippen LogP contribution >= 0.6 is 0 Å². The van der Waals surface area contributed by atoms with Crippen LogP contribution in [0.15, 0.2) is 29.4 Å². The number of hydrogen-bond donors (Lipinski definition) is 2. The number of H-pyrrole nitrogens is 1. The minimum absolute atomic E-state index is 0.150. The summed E-state index contributed by atoms with van der Waals surface area (Å²) in [7, 11) is -4.17. The standard InChI is InChI=1S/C7H6N2O3S/c10-13(11,12)6-3-1-2-5-7(6)9-4-8-5/h1-4H,(H,8,9)(H,10,11,12). The van der Waals surface area contributed by atoms with E-state index in [4.69, 9.17) is 4.55 Å². The molecule has 2 N–H and O–H groups in total. The van der Waals surface area contributed by atoms with Gasteiger partial charge in [0, 0.05) is 0 Å². The number of benzene rings is 1. The zero-order valence-corrected chi connectivity index (χ0v) is 7.25. The molecule has 5 nitrogen and oxygen atoms in total. The Morgan fingerprint density at radius 1 is 1.38 bits per heavy atom. The second kappa shape index (κ2) is 2.54. The Morgan fingerprint density at radius 3 is 2.85 bits per heavy atom. The molecule has 6 heteroatoms. The fourth-order valence-corrected chi connectivity index (χ4v) is 1.83. The summed E-state index contributed by atoms with van der Waals surface area (Å²) in [6.07, 6.45) is 1.37. The van der Waals surface area contributed by atoms with E-state index in [-0.39, 0.29) is 4.90 Å². The first-order valence-corrected chi connectivity index (χ1v) is 4.92. The average Bonchev–Trinajstić information content (AvgIpc) is 2.48. The highest BCUT2D eigenvalue weighted by Crippen LogP contribution is 2.18. The molecule has 0 spiro atoms. The van der Waals surface area contributed by atoms with Crippen molar-refractivity contribution in [1.82, 2.24) is 9.97 Å². The Bertz CT molecular complexity index is 544. The van der Waals surface area contributed by atoms with Gasteiger partial charge < -0.3 is 4.98 Å². The molecule has 0 fully saturated rings. The predicted molar refractivity (Wildman–Crippen MR) is 45.9 cm³/mol. The van der Waals surface area contributed by atoms with Gasteiger partial charge in [-0.3, -0.25) is 4.55 Å². The van der Waals surface area contributed by atoms with Crippen molar-refractivity contribution in [2.75, 3.05) is 0 Å². The van der Waals surface area contributed by atoms with Gasteiger partial charge in [-0.1, -0.05) is 6.07 Å². The Balaban J connectivity index is 2.91. The second-order valence-electron chi connectivity index (χ2n) is 2.53. The van der Waals surface area contributed by atoms with Crippen LogP contribution in [0.5, 0.6) is 0 Å². The third kappa shape index (κ3) is 1.30. The maximum absolute atomic E-state index is 10.9. The number of aromatic nitrogens is 2. The largest absolute Gasteiger partial charge is 0.343 e. The van der Waals surface area contributed by atoms with Crippen molar-refractivity contribution < 1.29 is 13.0 Å². The van der Waals surface area contributed by atoms with Gasteiger partial charge in [-0.05, 0) is 12.1 Å². The molecule has 0 saturated heterocycles. The summed E-state index contributed by atoms with van der Waals surface area (Å²) in [4.78, 5) is 6.36. The third-order valence-corrected chi connectivity index (χ3v) is 2.59. The lowest BCUT2D eigenvalue weighted by molar-refractivity contribution is 0.484. The van der Waals surface area contributed by atoms with Gasteiger partial charge in [0.25, 0.3) is 10.1 Å². The molecule has 0 aliphatic heterocycles. The second-order valence-corrected chi connectivity index (χ2v) is 3.92. The van der Waals surface area contributed by atoms with Crippen LogP contribution < -0.4 is 0 Å². The van der Waals surface area contributed by atoms with Gasteiger partial charge in [-0.2, -0.15) is 8.42 Å². The Kier molecular flexibility index (Phi) is 1.61. The smallest absolute Gasteiger partial charge is 0.296 e. The number of nitrogens with one attached hydrogen (secondary N) is 1. The van der Waals surface area contributed by atoms with Gasteiger partial charge in [0.1, 0.15) is 4.90 Å². The summed E-state index contributed by atoms with van der Waals surface area (Å²) in [5, 5.41) is 0. The first-order chi connectivity index (χ1) is 6.09. The van der Waals surface area contributed by atoms with Crippen LogP contribution in [0.4, 0.5) is 0 Å². The van der Waals surface area contributed by atoms with Gasteiger partial charge in [0.05, 0.1) is 17.4 Å². The third-order valence-electron chi connectivity index (χ3n) is 1.69. The van der Waals surface area contributed by atoms with Crippen LogP contribution in [0.3, 0.4) is 0 Å². The first kappa shape index (κ1) is 8.21. The molecule has 1 aromatic heterocycles. The quantitative estimate of drug-likeness (QED) is 0.664. The van der Waals surface area contributed by atoms with Crippen molar-refractivity contribution in [2.24, 2.45) is 0 Å². The monoisotopic (exact) mass is 198 g/mol. The molecule has 0 aliphatic carbocycles. The molecule has 0 bridgehead atoms. The molecule has 13 heavy (non-hydrogen) atoms. The van der Waals surface area contributed by atoms with Gasteiger partial charge >= 0.3 is 0 Å². The molecule has 2 aromatic rings. The molecule has 0 amide bonds. The molecule has 0 atom stereocenters. The Hall–Kier alpha value is -1.40. The minimum Gasteiger partial charge on any atom is -0.343 e. The van der Waals surface area contributed by atoms with Crippen molar-refractivity contribution in [3.63, 3.8) is 0 Å². The summed E-state index contributed by atoms with van der Waals surface area (Å²) in [6.45, 7) is 0. The molecule has 0 radical (unpaired) electrons. The molecular formula is C7H6N2O3S. The van der Waals surface area contributed by atoms with Gasteiger partial charge in [-0.15, -0.1) is 0 Å². The molecule has 0 saturated carbocycles. The molecular weight excluding hydrogens is 192 g/mol. The van der Waals surface area contributed by atoms with E-state index in [1.807, 2.05) is 0 Å². The van der Waals surface area contributed by atoms with Crippen molar-refractivity contribution in [3.8, 4) is 0 Å². The number of nitrogens with zero attached hydrogens (tertiary/aromatic N) is 1. The lowest BCUT2D eigenvalue weighted by Crippen LogP contribution is -1.98. The molecule has 1 aromatic carbocycles. The van der Waals surface area contributed by atoms with Crippen molar-refractivity contribution in [1.29, 1.82) is 0 Å². The average molecular weight is 198 g/mol. The minimum atomic E-state index is -4.17. The van der Waals surface area contributed by atoms with Crippen LogP contribution in [0.25, 0.3) is 11.0 Å². The van der Waals surface area contributed by atoms with E-state index in [0.29, 0.717) is 11.0 Å². The summed E-state index contributed by atoms with van der Waals surface area (Å²) < 4.78 is 30.5. The summed E-state index contributed by atoms with van der Waals surface area (Å²) in [6, 6.07) is 4.49. The normalized spacial score (nSPS) is 12.1. The fourth-order valence-electron chi connectivity index (χ4n) is 1.15. The Morgan fingerprint density at radius 2 is 2.15 bits per heavy atom. The molecule has 0 unspecified atom stereocenters. The van der Waals surface area contributed by atoms with Crippen LogP contribution in [-0.2, 0) is 10.1 Å². The van der Waals surface area contributed by atoms with Crippen LogP contribution in [0.1, 0.15) is 0 Å². The van der Waals surface area contributed by atoms with E-state index in [1.54, 1.807) is 6.07 Å². The number of rotatable bonds is 1. The number of para-hydroxylation sites is 1. The van der Waals surface area contributed by atoms with Crippen LogP contribution in [-0.4, -0.2) is 22.9 Å². The molecule has 2 rings (SSSR count). The zero-order chi connectivity index (χ0) is 9.47. The van der Waals surface area contributed by atoms with Gasteiger partial charge in [0.15, 0.2) is 0 Å².